The maximum atomic E-state index is 5.91. The minimum absolute atomic E-state index is 0.537. The van der Waals surface area contributed by atoms with Crippen molar-refractivity contribution < 1.29 is 4.42 Å². The van der Waals surface area contributed by atoms with Crippen molar-refractivity contribution in [1.82, 2.24) is 10.3 Å². The summed E-state index contributed by atoms with van der Waals surface area (Å²) < 4.78 is 5.91. The zero-order valence-corrected chi connectivity index (χ0v) is 11.6. The smallest absolute Gasteiger partial charge is 0.195 e. The third-order valence-electron chi connectivity index (χ3n) is 4.30. The van der Waals surface area contributed by atoms with Gasteiger partial charge in [0, 0.05) is 24.9 Å². The first-order valence-electron chi connectivity index (χ1n) is 7.63. The highest BCUT2D eigenvalue weighted by Gasteiger charge is 2.42. The van der Waals surface area contributed by atoms with Crippen LogP contribution < -0.4 is 5.32 Å². The van der Waals surface area contributed by atoms with Crippen LogP contribution in [0.15, 0.2) is 40.9 Å². The van der Waals surface area contributed by atoms with Gasteiger partial charge in [0.2, 0.25) is 0 Å². The van der Waals surface area contributed by atoms with E-state index in [1.165, 1.54) is 24.8 Å². The second-order valence-electron chi connectivity index (χ2n) is 5.99. The molecular weight excluding hydrogens is 248 g/mol. The van der Waals surface area contributed by atoms with Gasteiger partial charge in [0.15, 0.2) is 5.89 Å². The molecule has 1 aromatic heterocycles. The quantitative estimate of drug-likeness (QED) is 0.874. The summed E-state index contributed by atoms with van der Waals surface area (Å²) in [5.74, 6) is 3.11. The molecule has 0 amide bonds. The second-order valence-corrected chi connectivity index (χ2v) is 5.99. The van der Waals surface area contributed by atoms with Gasteiger partial charge in [-0.15, -0.1) is 0 Å². The molecule has 2 aliphatic carbocycles. The number of benzene rings is 1. The van der Waals surface area contributed by atoms with Crippen molar-refractivity contribution in [2.75, 3.05) is 6.54 Å². The molecule has 20 heavy (non-hydrogen) atoms. The number of aromatic nitrogens is 1. The molecule has 2 aromatic rings. The molecule has 1 heterocycles. The molecule has 4 rings (SSSR count). The highest BCUT2D eigenvalue weighted by molar-refractivity contribution is 5.31. The zero-order chi connectivity index (χ0) is 13.4. The van der Waals surface area contributed by atoms with Gasteiger partial charge in [-0.25, -0.2) is 4.98 Å². The van der Waals surface area contributed by atoms with Gasteiger partial charge in [0.25, 0.3) is 0 Å². The Bertz CT molecular complexity index is 574. The number of oxazole rings is 1. The summed E-state index contributed by atoms with van der Waals surface area (Å²) >= 11 is 0. The number of rotatable bonds is 6. The molecule has 0 saturated heterocycles. The van der Waals surface area contributed by atoms with Gasteiger partial charge < -0.3 is 9.73 Å². The summed E-state index contributed by atoms with van der Waals surface area (Å²) in [6.45, 7) is 0.984. The van der Waals surface area contributed by atoms with Crippen molar-refractivity contribution in [3.05, 3.63) is 53.7 Å². The second kappa shape index (κ2) is 5.06. The fourth-order valence-corrected chi connectivity index (χ4v) is 2.86. The van der Waals surface area contributed by atoms with E-state index >= 15 is 0 Å². The first-order chi connectivity index (χ1) is 9.90. The molecule has 0 aliphatic heterocycles. The maximum Gasteiger partial charge on any atom is 0.195 e. The van der Waals surface area contributed by atoms with Crippen LogP contribution in [0.3, 0.4) is 0 Å². The van der Waals surface area contributed by atoms with Crippen LogP contribution in [0.25, 0.3) is 0 Å². The van der Waals surface area contributed by atoms with Gasteiger partial charge in [-0.3, -0.25) is 0 Å². The van der Waals surface area contributed by atoms with E-state index in [9.17, 15) is 0 Å². The molecule has 0 radical (unpaired) electrons. The van der Waals surface area contributed by atoms with E-state index in [1.807, 2.05) is 6.20 Å². The third-order valence-corrected chi connectivity index (χ3v) is 4.30. The van der Waals surface area contributed by atoms with Gasteiger partial charge in [-0.2, -0.15) is 0 Å². The third kappa shape index (κ3) is 2.63. The Balaban J connectivity index is 1.34. The van der Waals surface area contributed by atoms with Crippen molar-refractivity contribution in [3.63, 3.8) is 0 Å². The standard InChI is InChI=1S/C17H20N2O/c1-2-4-12(5-3-1)14-10-15(14)16-11-19-17(20-16)8-9-18-13-6-7-13/h1-5,11,13-15,18H,6-10H2. The Hall–Kier alpha value is -1.61. The zero-order valence-electron chi connectivity index (χ0n) is 11.6. The van der Waals surface area contributed by atoms with Gasteiger partial charge in [-0.1, -0.05) is 30.3 Å². The highest BCUT2D eigenvalue weighted by Crippen LogP contribution is 2.54. The molecule has 2 fully saturated rings. The molecule has 1 N–H and O–H groups in total. The summed E-state index contributed by atoms with van der Waals surface area (Å²) in [4.78, 5) is 4.42. The molecule has 104 valence electrons. The average molecular weight is 268 g/mol. The first-order valence-corrected chi connectivity index (χ1v) is 7.63. The maximum absolute atomic E-state index is 5.91. The molecule has 0 bridgehead atoms. The summed E-state index contributed by atoms with van der Waals surface area (Å²) in [6.07, 6.45) is 6.69. The summed E-state index contributed by atoms with van der Waals surface area (Å²) in [7, 11) is 0. The van der Waals surface area contributed by atoms with Gasteiger partial charge >= 0.3 is 0 Å². The van der Waals surface area contributed by atoms with E-state index in [-0.39, 0.29) is 0 Å². The number of hydrogen-bond acceptors (Lipinski definition) is 3. The lowest BCUT2D eigenvalue weighted by atomic mass is 10.1. The van der Waals surface area contributed by atoms with E-state index < -0.39 is 0 Å². The Morgan fingerprint density at radius 1 is 1.15 bits per heavy atom. The molecule has 2 atom stereocenters. The number of nitrogens with zero attached hydrogens (tertiary/aromatic N) is 1. The number of hydrogen-bond donors (Lipinski definition) is 1. The molecule has 3 nitrogen and oxygen atoms in total. The van der Waals surface area contributed by atoms with E-state index in [2.05, 4.69) is 40.6 Å². The molecule has 1 aromatic carbocycles. The van der Waals surface area contributed by atoms with Gasteiger partial charge in [0.05, 0.1) is 6.20 Å². The van der Waals surface area contributed by atoms with Crippen molar-refractivity contribution in [3.8, 4) is 0 Å². The lowest BCUT2D eigenvalue weighted by molar-refractivity contribution is 0.447. The molecule has 3 heteroatoms. The predicted octanol–water partition coefficient (Wildman–Crippen LogP) is 3.24. The number of nitrogens with one attached hydrogen (secondary N) is 1. The Labute approximate surface area is 119 Å². The van der Waals surface area contributed by atoms with Crippen LogP contribution in [-0.4, -0.2) is 17.6 Å². The summed E-state index contributed by atoms with van der Waals surface area (Å²) in [5.41, 5.74) is 1.42. The van der Waals surface area contributed by atoms with Crippen LogP contribution in [0.1, 0.15) is 48.3 Å². The van der Waals surface area contributed by atoms with E-state index in [0.29, 0.717) is 11.8 Å². The molecule has 2 unspecified atom stereocenters. The topological polar surface area (TPSA) is 38.1 Å². The molecule has 2 saturated carbocycles. The van der Waals surface area contributed by atoms with Crippen LogP contribution in [0, 0.1) is 0 Å². The lowest BCUT2D eigenvalue weighted by Crippen LogP contribution is -2.19. The van der Waals surface area contributed by atoms with Gasteiger partial charge in [-0.05, 0) is 30.7 Å². The summed E-state index contributed by atoms with van der Waals surface area (Å²) in [6, 6.07) is 11.5. The largest absolute Gasteiger partial charge is 0.445 e. The van der Waals surface area contributed by atoms with Crippen molar-refractivity contribution in [1.29, 1.82) is 0 Å². The van der Waals surface area contributed by atoms with Crippen LogP contribution in [0.5, 0.6) is 0 Å². The minimum atomic E-state index is 0.537. The van der Waals surface area contributed by atoms with E-state index in [0.717, 1.165) is 30.7 Å². The molecular formula is C17H20N2O. The first kappa shape index (κ1) is 12.2. The van der Waals surface area contributed by atoms with Crippen LogP contribution >= 0.6 is 0 Å². The van der Waals surface area contributed by atoms with E-state index in [4.69, 9.17) is 4.42 Å². The van der Waals surface area contributed by atoms with Crippen molar-refractivity contribution in [2.45, 2.75) is 43.6 Å². The lowest BCUT2D eigenvalue weighted by Gasteiger charge is -1.99. The Kier molecular flexibility index (Phi) is 3.07. The molecule has 2 aliphatic rings. The van der Waals surface area contributed by atoms with Crippen LogP contribution in [-0.2, 0) is 6.42 Å². The fraction of sp³-hybridized carbons (Fsp3) is 0.471. The van der Waals surface area contributed by atoms with Crippen molar-refractivity contribution >= 4 is 0 Å². The van der Waals surface area contributed by atoms with Crippen molar-refractivity contribution in [2.24, 2.45) is 0 Å². The fourth-order valence-electron chi connectivity index (χ4n) is 2.86. The monoisotopic (exact) mass is 268 g/mol. The highest BCUT2D eigenvalue weighted by atomic mass is 16.4. The minimum Gasteiger partial charge on any atom is -0.445 e. The SMILES string of the molecule is c1ccc(C2CC2c2cnc(CCNC3CC3)o2)cc1. The van der Waals surface area contributed by atoms with Crippen LogP contribution in [0.2, 0.25) is 0 Å². The molecule has 0 spiro atoms. The summed E-state index contributed by atoms with van der Waals surface area (Å²) in [5, 5.41) is 3.49. The Morgan fingerprint density at radius 2 is 2.00 bits per heavy atom. The average Bonchev–Trinajstić information content (AvgIpc) is 3.40. The normalized spacial score (nSPS) is 24.8. The predicted molar refractivity (Wildman–Crippen MR) is 77.8 cm³/mol. The van der Waals surface area contributed by atoms with E-state index in [1.54, 1.807) is 0 Å². The van der Waals surface area contributed by atoms with Gasteiger partial charge in [0.1, 0.15) is 5.76 Å². The van der Waals surface area contributed by atoms with Crippen LogP contribution in [0.4, 0.5) is 0 Å². The Morgan fingerprint density at radius 3 is 2.80 bits per heavy atom.